The maximum absolute atomic E-state index is 13.6. The first kappa shape index (κ1) is 25.0. The van der Waals surface area contributed by atoms with Gasteiger partial charge in [0.05, 0.1) is 18.8 Å². The number of hydrogen-bond acceptors (Lipinski definition) is 8. The fraction of sp³-hybridized carbons (Fsp3) is 0.393. The molecule has 3 aliphatic carbocycles. The summed E-state index contributed by atoms with van der Waals surface area (Å²) in [5.74, 6) is -6.39. The van der Waals surface area contributed by atoms with Crippen molar-refractivity contribution in [3.63, 3.8) is 0 Å². The third kappa shape index (κ3) is 3.81. The second-order valence-electron chi connectivity index (χ2n) is 10.2. The van der Waals surface area contributed by atoms with Gasteiger partial charge < -0.3 is 30.9 Å². The summed E-state index contributed by atoms with van der Waals surface area (Å²) in [5, 5.41) is 43.6. The van der Waals surface area contributed by atoms with Crippen LogP contribution in [0.4, 0.5) is 0 Å². The number of primary amides is 1. The average Bonchev–Trinajstić information content (AvgIpc) is 2.85. The highest BCUT2D eigenvalue weighted by Gasteiger charge is 2.63. The Morgan fingerprint density at radius 2 is 1.89 bits per heavy atom. The van der Waals surface area contributed by atoms with Gasteiger partial charge in [0.2, 0.25) is 11.7 Å². The van der Waals surface area contributed by atoms with Crippen LogP contribution in [0, 0.1) is 17.8 Å². The molecule has 37 heavy (non-hydrogen) atoms. The van der Waals surface area contributed by atoms with Crippen LogP contribution in [0.25, 0.3) is 5.76 Å². The molecule has 9 nitrogen and oxygen atoms in total. The molecule has 2 aromatic rings. The summed E-state index contributed by atoms with van der Waals surface area (Å²) in [6.07, 6.45) is 0.165. The summed E-state index contributed by atoms with van der Waals surface area (Å²) >= 11 is 0. The second-order valence-corrected chi connectivity index (χ2v) is 10.2. The van der Waals surface area contributed by atoms with Crippen LogP contribution in [0.3, 0.4) is 0 Å². The lowest BCUT2D eigenvalue weighted by molar-refractivity contribution is -0.174. The molecule has 194 valence electrons. The van der Waals surface area contributed by atoms with Gasteiger partial charge in [0, 0.05) is 11.5 Å². The van der Waals surface area contributed by atoms with Gasteiger partial charge in [-0.25, -0.2) is 0 Å². The molecule has 1 amide bonds. The van der Waals surface area contributed by atoms with Gasteiger partial charge in [0.1, 0.15) is 23.2 Å². The number of hydrogen-bond donors (Lipinski definition) is 5. The zero-order valence-electron chi connectivity index (χ0n) is 20.3. The van der Waals surface area contributed by atoms with Gasteiger partial charge in [-0.3, -0.25) is 14.4 Å². The predicted molar refractivity (Wildman–Crippen MR) is 132 cm³/mol. The van der Waals surface area contributed by atoms with Crippen molar-refractivity contribution in [2.24, 2.45) is 23.5 Å². The lowest BCUT2D eigenvalue weighted by Crippen LogP contribution is -2.66. The minimum absolute atomic E-state index is 0.111. The summed E-state index contributed by atoms with van der Waals surface area (Å²) in [6, 6.07) is 10.9. The first-order valence-electron chi connectivity index (χ1n) is 12.3. The van der Waals surface area contributed by atoms with E-state index in [0.717, 1.165) is 16.9 Å². The molecule has 0 aliphatic heterocycles. The van der Waals surface area contributed by atoms with Gasteiger partial charge >= 0.3 is 0 Å². The molecule has 2 saturated carbocycles. The Balaban J connectivity index is 1.53. The number of ketones is 2. The fourth-order valence-electron chi connectivity index (χ4n) is 6.33. The van der Waals surface area contributed by atoms with Gasteiger partial charge in [-0.1, -0.05) is 18.2 Å². The number of aryl methyl sites for hydroxylation is 2. The Morgan fingerprint density at radius 1 is 1.14 bits per heavy atom. The van der Waals surface area contributed by atoms with Crippen LogP contribution in [0.15, 0.2) is 42.0 Å². The molecule has 5 atom stereocenters. The molecule has 4 unspecified atom stereocenters. The monoisotopic (exact) mass is 507 g/mol. The van der Waals surface area contributed by atoms with Gasteiger partial charge in [-0.2, -0.15) is 0 Å². The van der Waals surface area contributed by atoms with Gasteiger partial charge in [-0.05, 0) is 72.9 Å². The van der Waals surface area contributed by atoms with Gasteiger partial charge in [-0.15, -0.1) is 0 Å². The summed E-state index contributed by atoms with van der Waals surface area (Å²) in [5.41, 5.74) is 5.31. The largest absolute Gasteiger partial charge is 0.507 e. The van der Waals surface area contributed by atoms with Crippen molar-refractivity contribution in [2.75, 3.05) is 7.11 Å². The molecule has 0 spiro atoms. The highest BCUT2D eigenvalue weighted by molar-refractivity contribution is 6.24. The number of nitrogens with two attached hydrogens (primary N) is 1. The third-order valence-corrected chi connectivity index (χ3v) is 8.18. The Hall–Kier alpha value is -3.69. The number of amides is 1. The second kappa shape index (κ2) is 9.00. The van der Waals surface area contributed by atoms with E-state index in [4.69, 9.17) is 10.5 Å². The number of rotatable bonds is 5. The van der Waals surface area contributed by atoms with Crippen molar-refractivity contribution >= 4 is 23.2 Å². The molecule has 2 fully saturated rings. The molecule has 3 aliphatic rings. The zero-order chi connectivity index (χ0) is 26.6. The number of carbonyl (C=O) groups is 3. The van der Waals surface area contributed by atoms with E-state index < -0.39 is 52.7 Å². The van der Waals surface area contributed by atoms with Crippen molar-refractivity contribution in [2.45, 2.75) is 43.8 Å². The molecular weight excluding hydrogens is 478 g/mol. The van der Waals surface area contributed by atoms with E-state index in [-0.39, 0.29) is 29.7 Å². The normalized spacial score (nSPS) is 28.8. The molecule has 0 bridgehead atoms. The number of phenols is 1. The van der Waals surface area contributed by atoms with E-state index in [2.05, 4.69) is 0 Å². The SMILES string of the molecule is COc1cccc(CCc2ccc(O)c3c2CC2CC4CC(O)C(C(N)=O)C(=O)[C@@]4(O)C(=O)C2=C3O)c1. The van der Waals surface area contributed by atoms with Crippen LogP contribution < -0.4 is 10.5 Å². The Labute approximate surface area is 213 Å². The summed E-state index contributed by atoms with van der Waals surface area (Å²) < 4.78 is 5.29. The van der Waals surface area contributed by atoms with Crippen molar-refractivity contribution in [3.05, 3.63) is 64.2 Å². The minimum atomic E-state index is -2.57. The number of Topliss-reactive ketones (excluding diaryl/α,β-unsaturated/α-hetero) is 2. The van der Waals surface area contributed by atoms with Crippen molar-refractivity contribution in [1.82, 2.24) is 0 Å². The number of fused-ring (bicyclic) bond motifs is 3. The quantitative estimate of drug-likeness (QED) is 0.378. The van der Waals surface area contributed by atoms with E-state index in [9.17, 15) is 34.8 Å². The topological polar surface area (TPSA) is 167 Å². The standard InChI is InChI=1S/C28H29NO8/c1-37-17-4-2-3-13(9-17)5-6-14-7-8-19(30)22-18(14)11-15-10-16-12-20(31)23(27(29)35)26(34)28(16,36)25(33)21(15)24(22)32/h2-4,7-9,15-16,20,23,30-32,36H,5-6,10-12H2,1H3,(H2,29,35)/t15?,16?,20?,23?,28-/m0/s1. The number of phenolic OH excluding ortho intramolecular Hbond substituents is 1. The third-order valence-electron chi connectivity index (χ3n) is 8.18. The van der Waals surface area contributed by atoms with E-state index in [1.807, 2.05) is 24.3 Å². The lowest BCUT2D eigenvalue weighted by Gasteiger charge is -2.48. The maximum atomic E-state index is 13.6. The highest BCUT2D eigenvalue weighted by Crippen LogP contribution is 2.51. The number of benzene rings is 2. The molecule has 2 aromatic carbocycles. The number of aliphatic hydroxyl groups is 3. The van der Waals surface area contributed by atoms with Crippen LogP contribution in [0.5, 0.6) is 11.5 Å². The number of ether oxygens (including phenoxy) is 1. The smallest absolute Gasteiger partial charge is 0.230 e. The van der Waals surface area contributed by atoms with E-state index >= 15 is 0 Å². The Bertz CT molecular complexity index is 1350. The Kier molecular flexibility index (Phi) is 6.08. The average molecular weight is 508 g/mol. The molecule has 0 radical (unpaired) electrons. The van der Waals surface area contributed by atoms with Crippen LogP contribution in [0.2, 0.25) is 0 Å². The molecule has 0 saturated heterocycles. The molecule has 9 heteroatoms. The number of aliphatic hydroxyl groups excluding tert-OH is 2. The maximum Gasteiger partial charge on any atom is 0.230 e. The van der Waals surface area contributed by atoms with Crippen LogP contribution >= 0.6 is 0 Å². The highest BCUT2D eigenvalue weighted by atomic mass is 16.5. The lowest BCUT2D eigenvalue weighted by atomic mass is 9.56. The first-order chi connectivity index (χ1) is 17.6. The summed E-state index contributed by atoms with van der Waals surface area (Å²) in [4.78, 5) is 38.4. The number of aromatic hydroxyl groups is 1. The summed E-state index contributed by atoms with van der Waals surface area (Å²) in [7, 11) is 1.60. The first-order valence-corrected chi connectivity index (χ1v) is 12.3. The van der Waals surface area contributed by atoms with Crippen LogP contribution in [0.1, 0.15) is 35.1 Å². The summed E-state index contributed by atoms with van der Waals surface area (Å²) in [6.45, 7) is 0. The zero-order valence-corrected chi connectivity index (χ0v) is 20.3. The van der Waals surface area contributed by atoms with Crippen molar-refractivity contribution < 1.29 is 39.5 Å². The van der Waals surface area contributed by atoms with Crippen molar-refractivity contribution in [3.8, 4) is 11.5 Å². The molecule has 0 aromatic heterocycles. The van der Waals surface area contributed by atoms with Crippen LogP contribution in [-0.4, -0.2) is 56.7 Å². The molecule has 6 N–H and O–H groups in total. The van der Waals surface area contributed by atoms with Crippen molar-refractivity contribution in [1.29, 1.82) is 0 Å². The predicted octanol–water partition coefficient (Wildman–Crippen LogP) is 1.38. The number of methoxy groups -OCH3 is 1. The van der Waals surface area contributed by atoms with E-state index in [1.54, 1.807) is 13.2 Å². The van der Waals surface area contributed by atoms with Gasteiger partial charge in [0.25, 0.3) is 0 Å². The van der Waals surface area contributed by atoms with E-state index in [0.29, 0.717) is 24.8 Å². The number of carbonyl (C=O) groups excluding carboxylic acids is 3. The minimum Gasteiger partial charge on any atom is -0.507 e. The van der Waals surface area contributed by atoms with Gasteiger partial charge in [0.15, 0.2) is 11.4 Å². The molecule has 0 heterocycles. The Morgan fingerprint density at radius 3 is 2.59 bits per heavy atom. The fourth-order valence-corrected chi connectivity index (χ4v) is 6.33. The van der Waals surface area contributed by atoms with Crippen LogP contribution in [-0.2, 0) is 33.6 Å². The van der Waals surface area contributed by atoms with E-state index in [1.165, 1.54) is 6.07 Å². The molecular formula is C28H29NO8. The molecule has 5 rings (SSSR count).